The summed E-state index contributed by atoms with van der Waals surface area (Å²) in [4.78, 5) is 22.5. The number of aromatic nitrogens is 2. The van der Waals surface area contributed by atoms with Crippen molar-refractivity contribution in [3.63, 3.8) is 0 Å². The largest absolute Gasteiger partial charge is 0.336 e. The Balaban J connectivity index is 1.73. The Morgan fingerprint density at radius 3 is 2.48 bits per heavy atom. The maximum absolute atomic E-state index is 12.3. The van der Waals surface area contributed by atoms with Crippen molar-refractivity contribution in [2.24, 2.45) is 5.73 Å². The van der Waals surface area contributed by atoms with Crippen LogP contribution in [0.4, 0.5) is 5.69 Å². The van der Waals surface area contributed by atoms with Crippen LogP contribution in [0, 0.1) is 0 Å². The molecule has 1 aromatic heterocycles. The van der Waals surface area contributed by atoms with Gasteiger partial charge in [0.1, 0.15) is 5.69 Å². The van der Waals surface area contributed by atoms with E-state index in [0.717, 1.165) is 18.2 Å². The van der Waals surface area contributed by atoms with Gasteiger partial charge in [-0.05, 0) is 18.6 Å². The molecule has 1 aromatic carbocycles. The van der Waals surface area contributed by atoms with Crippen molar-refractivity contribution in [1.29, 1.82) is 0 Å². The third kappa shape index (κ3) is 4.31. The Labute approximate surface area is 146 Å². The van der Waals surface area contributed by atoms with Crippen LogP contribution in [0.5, 0.6) is 0 Å². The molecule has 0 spiro atoms. The summed E-state index contributed by atoms with van der Waals surface area (Å²) in [6.45, 7) is 1.18. The van der Waals surface area contributed by atoms with Crippen molar-refractivity contribution in [1.82, 2.24) is 14.9 Å². The average Bonchev–Trinajstić information content (AvgIpc) is 3.00. The number of hydrogen-bond donors (Lipinski definition) is 2. The van der Waals surface area contributed by atoms with E-state index in [9.17, 15) is 13.2 Å². The van der Waals surface area contributed by atoms with Gasteiger partial charge < -0.3 is 10.6 Å². The number of amides is 1. The fraction of sp³-hybridized carbons (Fsp3) is 0.312. The van der Waals surface area contributed by atoms with Crippen LogP contribution in [0.15, 0.2) is 36.7 Å². The van der Waals surface area contributed by atoms with Crippen LogP contribution in [0.25, 0.3) is 11.3 Å². The number of nitrogens with zero attached hydrogens (tertiary/aromatic N) is 3. The van der Waals surface area contributed by atoms with Crippen molar-refractivity contribution in [3.8, 4) is 11.3 Å². The first kappa shape index (κ1) is 17.3. The minimum absolute atomic E-state index is 0.0234. The van der Waals surface area contributed by atoms with Crippen molar-refractivity contribution in [2.45, 2.75) is 12.5 Å². The van der Waals surface area contributed by atoms with Crippen molar-refractivity contribution in [2.75, 3.05) is 24.1 Å². The van der Waals surface area contributed by atoms with Gasteiger partial charge in [-0.15, -0.1) is 0 Å². The van der Waals surface area contributed by atoms with Gasteiger partial charge in [-0.3, -0.25) is 14.5 Å². The van der Waals surface area contributed by atoms with Gasteiger partial charge in [0.05, 0.1) is 24.3 Å². The fourth-order valence-corrected chi connectivity index (χ4v) is 3.21. The highest BCUT2D eigenvalue weighted by Gasteiger charge is 2.25. The van der Waals surface area contributed by atoms with Gasteiger partial charge in [0, 0.05) is 30.4 Å². The van der Waals surface area contributed by atoms with Crippen LogP contribution in [-0.4, -0.2) is 54.6 Å². The third-order valence-electron chi connectivity index (χ3n) is 3.87. The second-order valence-corrected chi connectivity index (χ2v) is 7.79. The molecule has 132 valence electrons. The van der Waals surface area contributed by atoms with Crippen LogP contribution in [0.3, 0.4) is 0 Å². The molecule has 1 amide bonds. The second kappa shape index (κ2) is 6.77. The third-order valence-corrected chi connectivity index (χ3v) is 4.47. The Bertz CT molecular complexity index is 866. The average molecular weight is 361 g/mol. The molecule has 3 rings (SSSR count). The first-order chi connectivity index (χ1) is 11.8. The summed E-state index contributed by atoms with van der Waals surface area (Å²) >= 11 is 0. The summed E-state index contributed by atoms with van der Waals surface area (Å²) in [6.07, 6.45) is 4.87. The minimum Gasteiger partial charge on any atom is -0.336 e. The SMILES string of the molecule is CS(=O)(=O)Nc1ccc(-c2cnc(C(=O)N3CCC(N)C3)cn2)cc1. The highest BCUT2D eigenvalue weighted by molar-refractivity contribution is 7.92. The molecule has 0 saturated carbocycles. The van der Waals surface area contributed by atoms with Crippen molar-refractivity contribution < 1.29 is 13.2 Å². The van der Waals surface area contributed by atoms with Crippen molar-refractivity contribution in [3.05, 3.63) is 42.4 Å². The lowest BCUT2D eigenvalue weighted by molar-refractivity contribution is 0.0784. The molecule has 0 bridgehead atoms. The predicted molar refractivity (Wildman–Crippen MR) is 94.4 cm³/mol. The summed E-state index contributed by atoms with van der Waals surface area (Å²) in [5.41, 5.74) is 7.94. The molecule has 9 heteroatoms. The first-order valence-electron chi connectivity index (χ1n) is 7.77. The molecule has 2 aromatic rings. The number of hydrogen-bond acceptors (Lipinski definition) is 6. The van der Waals surface area contributed by atoms with Crippen molar-refractivity contribution >= 4 is 21.6 Å². The molecule has 1 fully saturated rings. The lowest BCUT2D eigenvalue weighted by Gasteiger charge is -2.14. The highest BCUT2D eigenvalue weighted by Crippen LogP contribution is 2.20. The molecule has 1 unspecified atom stereocenters. The zero-order chi connectivity index (χ0) is 18.0. The lowest BCUT2D eigenvalue weighted by atomic mass is 10.1. The Hall–Kier alpha value is -2.52. The molecule has 0 radical (unpaired) electrons. The number of carbonyl (C=O) groups excluding carboxylic acids is 1. The summed E-state index contributed by atoms with van der Waals surface area (Å²) in [6, 6.07) is 6.78. The zero-order valence-corrected chi connectivity index (χ0v) is 14.5. The maximum Gasteiger partial charge on any atom is 0.274 e. The lowest BCUT2D eigenvalue weighted by Crippen LogP contribution is -2.32. The number of likely N-dealkylation sites (tertiary alicyclic amines) is 1. The molecule has 3 N–H and O–H groups in total. The number of nitrogens with two attached hydrogens (primary N) is 1. The van der Waals surface area contributed by atoms with Gasteiger partial charge in [-0.25, -0.2) is 13.4 Å². The monoisotopic (exact) mass is 361 g/mol. The van der Waals surface area contributed by atoms with E-state index < -0.39 is 10.0 Å². The van der Waals surface area contributed by atoms with E-state index in [1.807, 2.05) is 0 Å². The summed E-state index contributed by atoms with van der Waals surface area (Å²) in [7, 11) is -3.31. The second-order valence-electron chi connectivity index (χ2n) is 6.04. The number of anilines is 1. The molecule has 1 aliphatic heterocycles. The van der Waals surface area contributed by atoms with Crippen LogP contribution >= 0.6 is 0 Å². The summed E-state index contributed by atoms with van der Waals surface area (Å²) in [5, 5.41) is 0. The number of sulfonamides is 1. The highest BCUT2D eigenvalue weighted by atomic mass is 32.2. The fourth-order valence-electron chi connectivity index (χ4n) is 2.64. The van der Waals surface area contributed by atoms with Crippen LogP contribution < -0.4 is 10.5 Å². The van der Waals surface area contributed by atoms with Crippen LogP contribution in [0.1, 0.15) is 16.9 Å². The minimum atomic E-state index is -3.31. The van der Waals surface area contributed by atoms with E-state index >= 15 is 0 Å². The first-order valence-corrected chi connectivity index (χ1v) is 9.66. The Morgan fingerprint density at radius 1 is 1.24 bits per heavy atom. The summed E-state index contributed by atoms with van der Waals surface area (Å²) < 4.78 is 24.8. The molecule has 25 heavy (non-hydrogen) atoms. The standard InChI is InChI=1S/C16H19N5O3S/c1-25(23,24)20-13-4-2-11(3-5-13)14-8-19-15(9-18-14)16(22)21-7-6-12(17)10-21/h2-5,8-9,12,20H,6-7,10,17H2,1H3. The van der Waals surface area contributed by atoms with Gasteiger partial charge >= 0.3 is 0 Å². The number of rotatable bonds is 4. The number of nitrogens with one attached hydrogen (secondary N) is 1. The molecular formula is C16H19N5O3S. The smallest absolute Gasteiger partial charge is 0.274 e. The molecule has 1 aliphatic rings. The van der Waals surface area contributed by atoms with E-state index in [-0.39, 0.29) is 17.6 Å². The molecular weight excluding hydrogens is 342 g/mol. The van der Waals surface area contributed by atoms with Crippen LogP contribution in [0.2, 0.25) is 0 Å². The summed E-state index contributed by atoms with van der Waals surface area (Å²) in [5.74, 6) is -0.167. The topological polar surface area (TPSA) is 118 Å². The quantitative estimate of drug-likeness (QED) is 0.827. The van der Waals surface area contributed by atoms with Gasteiger partial charge in [0.25, 0.3) is 5.91 Å². The molecule has 1 saturated heterocycles. The van der Waals surface area contributed by atoms with E-state index in [1.54, 1.807) is 29.2 Å². The van der Waals surface area contributed by atoms with Crippen LogP contribution in [-0.2, 0) is 10.0 Å². The van der Waals surface area contributed by atoms with Gasteiger partial charge in [-0.2, -0.15) is 0 Å². The Kier molecular flexibility index (Phi) is 4.69. The molecule has 1 atom stereocenters. The van der Waals surface area contributed by atoms with E-state index in [4.69, 9.17) is 5.73 Å². The van der Waals surface area contributed by atoms with E-state index in [2.05, 4.69) is 14.7 Å². The van der Waals surface area contributed by atoms with E-state index in [1.165, 1.54) is 12.4 Å². The number of carbonyl (C=O) groups is 1. The Morgan fingerprint density at radius 2 is 1.96 bits per heavy atom. The molecule has 2 heterocycles. The van der Waals surface area contributed by atoms with Gasteiger partial charge in [0.15, 0.2) is 0 Å². The predicted octanol–water partition coefficient (Wildman–Crippen LogP) is 0.688. The molecule has 0 aliphatic carbocycles. The maximum atomic E-state index is 12.3. The van der Waals surface area contributed by atoms with E-state index in [0.29, 0.717) is 24.5 Å². The van der Waals surface area contributed by atoms with Gasteiger partial charge in [-0.1, -0.05) is 12.1 Å². The number of benzene rings is 1. The zero-order valence-electron chi connectivity index (χ0n) is 13.7. The normalized spacial score (nSPS) is 17.5. The van der Waals surface area contributed by atoms with Gasteiger partial charge in [0.2, 0.25) is 10.0 Å². The molecule has 8 nitrogen and oxygen atoms in total.